The highest BCUT2D eigenvalue weighted by Gasteiger charge is 2.22. The SMILES string of the molecule is CCS(=O)(=O)c1cc(C(C)C)cc2c(=O)c3cc(C(=O)O)ccc3oc12. The normalized spacial score (nSPS) is 12.2. The van der Waals surface area contributed by atoms with Gasteiger partial charge in [0.05, 0.1) is 22.1 Å². The van der Waals surface area contributed by atoms with Gasteiger partial charge in [-0.15, -0.1) is 0 Å². The summed E-state index contributed by atoms with van der Waals surface area (Å²) in [5.74, 6) is -1.27. The average Bonchev–Trinajstić information content (AvgIpc) is 2.60. The second kappa shape index (κ2) is 6.25. The number of sulfone groups is 1. The van der Waals surface area contributed by atoms with E-state index in [4.69, 9.17) is 9.52 Å². The van der Waals surface area contributed by atoms with Gasteiger partial charge >= 0.3 is 5.97 Å². The summed E-state index contributed by atoms with van der Waals surface area (Å²) in [4.78, 5) is 24.1. The summed E-state index contributed by atoms with van der Waals surface area (Å²) in [5, 5.41) is 9.38. The van der Waals surface area contributed by atoms with Crippen LogP contribution >= 0.6 is 0 Å². The molecule has 0 saturated carbocycles. The van der Waals surface area contributed by atoms with Crippen LogP contribution in [0, 0.1) is 0 Å². The Kier molecular flexibility index (Phi) is 4.36. The van der Waals surface area contributed by atoms with Crippen molar-refractivity contribution in [1.29, 1.82) is 0 Å². The summed E-state index contributed by atoms with van der Waals surface area (Å²) in [5.41, 5.74) is 0.379. The van der Waals surface area contributed by atoms with Gasteiger partial charge < -0.3 is 9.52 Å². The fraction of sp³-hybridized carbons (Fsp3) is 0.263. The summed E-state index contributed by atoms with van der Waals surface area (Å²) >= 11 is 0. The number of carboxylic acid groups (broad SMARTS) is 1. The van der Waals surface area contributed by atoms with Crippen LogP contribution in [0.4, 0.5) is 0 Å². The zero-order chi connectivity index (χ0) is 19.2. The lowest BCUT2D eigenvalue weighted by molar-refractivity contribution is 0.0697. The van der Waals surface area contributed by atoms with E-state index in [1.165, 1.54) is 25.1 Å². The minimum atomic E-state index is -3.61. The van der Waals surface area contributed by atoms with Gasteiger partial charge in [-0.25, -0.2) is 13.2 Å². The van der Waals surface area contributed by atoms with Gasteiger partial charge in [0.2, 0.25) is 5.43 Å². The Labute approximate surface area is 150 Å². The molecule has 0 aliphatic heterocycles. The highest BCUT2D eigenvalue weighted by molar-refractivity contribution is 7.91. The maximum atomic E-state index is 13.0. The second-order valence-electron chi connectivity index (χ2n) is 6.40. The number of hydrogen-bond acceptors (Lipinski definition) is 5. The van der Waals surface area contributed by atoms with E-state index in [-0.39, 0.29) is 44.1 Å². The number of benzene rings is 2. The van der Waals surface area contributed by atoms with Crippen LogP contribution < -0.4 is 5.43 Å². The fourth-order valence-electron chi connectivity index (χ4n) is 2.80. The van der Waals surface area contributed by atoms with Gasteiger partial charge in [-0.3, -0.25) is 4.79 Å². The van der Waals surface area contributed by atoms with Crippen LogP contribution in [0.2, 0.25) is 0 Å². The molecule has 0 aliphatic rings. The lowest BCUT2D eigenvalue weighted by Crippen LogP contribution is -2.10. The predicted octanol–water partition coefficient (Wildman–Crippen LogP) is 3.56. The Morgan fingerprint density at radius 3 is 2.42 bits per heavy atom. The molecule has 7 heteroatoms. The number of hydrogen-bond donors (Lipinski definition) is 1. The quantitative estimate of drug-likeness (QED) is 0.701. The molecule has 1 aromatic heterocycles. The van der Waals surface area contributed by atoms with Gasteiger partial charge in [-0.2, -0.15) is 0 Å². The molecule has 136 valence electrons. The molecule has 26 heavy (non-hydrogen) atoms. The van der Waals surface area contributed by atoms with Crippen LogP contribution in [0.1, 0.15) is 42.6 Å². The van der Waals surface area contributed by atoms with E-state index in [0.29, 0.717) is 5.56 Å². The molecule has 0 fully saturated rings. The Morgan fingerprint density at radius 1 is 1.15 bits per heavy atom. The molecule has 0 aliphatic carbocycles. The predicted molar refractivity (Wildman–Crippen MR) is 98.8 cm³/mol. The molecular formula is C19H18O6S. The van der Waals surface area contributed by atoms with Gasteiger partial charge in [-0.1, -0.05) is 20.8 Å². The lowest BCUT2D eigenvalue weighted by atomic mass is 10.0. The molecule has 3 aromatic rings. The van der Waals surface area contributed by atoms with E-state index < -0.39 is 21.2 Å². The molecule has 0 amide bonds. The molecular weight excluding hydrogens is 356 g/mol. The Morgan fingerprint density at radius 2 is 1.85 bits per heavy atom. The van der Waals surface area contributed by atoms with Crippen LogP contribution in [-0.4, -0.2) is 25.2 Å². The Bertz CT molecular complexity index is 1200. The van der Waals surface area contributed by atoms with Crippen molar-refractivity contribution in [3.05, 3.63) is 51.7 Å². The van der Waals surface area contributed by atoms with E-state index in [0.717, 1.165) is 0 Å². The molecule has 2 aromatic carbocycles. The third-order valence-electron chi connectivity index (χ3n) is 4.39. The molecule has 3 rings (SSSR count). The molecule has 1 N–H and O–H groups in total. The number of carbonyl (C=O) groups is 1. The van der Waals surface area contributed by atoms with Crippen molar-refractivity contribution in [3.8, 4) is 0 Å². The van der Waals surface area contributed by atoms with E-state index in [9.17, 15) is 18.0 Å². The Balaban J connectivity index is 2.53. The van der Waals surface area contributed by atoms with Crippen LogP contribution in [0.3, 0.4) is 0 Å². The van der Waals surface area contributed by atoms with Crippen LogP contribution in [0.25, 0.3) is 21.9 Å². The van der Waals surface area contributed by atoms with Gasteiger partial charge in [0.25, 0.3) is 0 Å². The number of aromatic carboxylic acids is 1. The second-order valence-corrected chi connectivity index (χ2v) is 8.65. The van der Waals surface area contributed by atoms with E-state index in [1.54, 1.807) is 12.1 Å². The van der Waals surface area contributed by atoms with Crippen molar-refractivity contribution in [1.82, 2.24) is 0 Å². The van der Waals surface area contributed by atoms with Gasteiger partial charge in [-0.05, 0) is 41.8 Å². The zero-order valence-corrected chi connectivity index (χ0v) is 15.4. The number of fused-ring (bicyclic) bond motifs is 2. The van der Waals surface area contributed by atoms with Crippen molar-refractivity contribution in [3.63, 3.8) is 0 Å². The van der Waals surface area contributed by atoms with Crippen molar-refractivity contribution in [2.45, 2.75) is 31.6 Å². The maximum absolute atomic E-state index is 13.0. The van der Waals surface area contributed by atoms with E-state index >= 15 is 0 Å². The van der Waals surface area contributed by atoms with Crippen LogP contribution in [-0.2, 0) is 9.84 Å². The zero-order valence-electron chi connectivity index (χ0n) is 14.6. The minimum Gasteiger partial charge on any atom is -0.478 e. The first-order valence-electron chi connectivity index (χ1n) is 8.16. The van der Waals surface area contributed by atoms with Crippen LogP contribution in [0.5, 0.6) is 0 Å². The monoisotopic (exact) mass is 374 g/mol. The van der Waals surface area contributed by atoms with Crippen LogP contribution in [0.15, 0.2) is 44.4 Å². The molecule has 1 heterocycles. The molecule has 0 saturated heterocycles. The summed E-state index contributed by atoms with van der Waals surface area (Å²) < 4.78 is 30.8. The van der Waals surface area contributed by atoms with Gasteiger partial charge in [0, 0.05) is 0 Å². The molecule has 0 spiro atoms. The standard InChI is InChI=1S/C19H18O6S/c1-4-26(23,24)16-9-12(10(2)3)8-14-17(20)13-7-11(19(21)22)5-6-15(13)25-18(14)16/h5-10H,4H2,1-3H3,(H,21,22). The lowest BCUT2D eigenvalue weighted by Gasteiger charge is -2.12. The first kappa shape index (κ1) is 18.1. The smallest absolute Gasteiger partial charge is 0.335 e. The molecule has 0 radical (unpaired) electrons. The molecule has 0 atom stereocenters. The van der Waals surface area contributed by atoms with E-state index in [1.807, 2.05) is 13.8 Å². The van der Waals surface area contributed by atoms with Crippen molar-refractivity contribution < 1.29 is 22.7 Å². The summed E-state index contributed by atoms with van der Waals surface area (Å²) in [6.45, 7) is 5.32. The fourth-order valence-corrected chi connectivity index (χ4v) is 3.86. The number of carboxylic acids is 1. The first-order valence-corrected chi connectivity index (χ1v) is 9.81. The summed E-state index contributed by atoms with van der Waals surface area (Å²) in [6.07, 6.45) is 0. The molecule has 0 unspecified atom stereocenters. The van der Waals surface area contributed by atoms with E-state index in [2.05, 4.69) is 0 Å². The van der Waals surface area contributed by atoms with Crippen molar-refractivity contribution in [2.75, 3.05) is 5.75 Å². The van der Waals surface area contributed by atoms with Gasteiger partial charge in [0.15, 0.2) is 15.4 Å². The summed E-state index contributed by atoms with van der Waals surface area (Å²) in [6, 6.07) is 7.10. The van der Waals surface area contributed by atoms with Gasteiger partial charge in [0.1, 0.15) is 10.5 Å². The summed E-state index contributed by atoms with van der Waals surface area (Å²) in [7, 11) is -3.61. The number of rotatable bonds is 4. The van der Waals surface area contributed by atoms with Crippen molar-refractivity contribution >= 4 is 37.7 Å². The highest BCUT2D eigenvalue weighted by Crippen LogP contribution is 2.30. The topological polar surface area (TPSA) is 102 Å². The Hall–Kier alpha value is -2.67. The first-order chi connectivity index (χ1) is 12.2. The largest absolute Gasteiger partial charge is 0.478 e. The van der Waals surface area contributed by atoms with Crippen molar-refractivity contribution in [2.24, 2.45) is 0 Å². The third-order valence-corrected chi connectivity index (χ3v) is 6.12. The molecule has 0 bridgehead atoms. The highest BCUT2D eigenvalue weighted by atomic mass is 32.2. The molecule has 6 nitrogen and oxygen atoms in total. The maximum Gasteiger partial charge on any atom is 0.335 e. The average molecular weight is 374 g/mol. The minimum absolute atomic E-state index is 0.00524. The third kappa shape index (κ3) is 2.88.